The fourth-order valence-electron chi connectivity index (χ4n) is 9.25. The van der Waals surface area contributed by atoms with Crippen LogP contribution in [0.15, 0.2) is 12.1 Å². The summed E-state index contributed by atoms with van der Waals surface area (Å²) in [5, 5.41) is 9.60. The number of rotatable bonds is 6. The van der Waals surface area contributed by atoms with E-state index in [9.17, 15) is 9.59 Å². The molecule has 8 heteroatoms. The first-order valence-electron chi connectivity index (χ1n) is 16.4. The van der Waals surface area contributed by atoms with E-state index in [1.165, 1.54) is 62.7 Å². The third-order valence-corrected chi connectivity index (χ3v) is 12.6. The number of aromatic nitrogens is 4. The van der Waals surface area contributed by atoms with Crippen LogP contribution in [0.25, 0.3) is 0 Å². The van der Waals surface area contributed by atoms with Crippen LogP contribution in [-0.4, -0.2) is 45.7 Å². The van der Waals surface area contributed by atoms with E-state index in [2.05, 4.69) is 35.6 Å². The lowest BCUT2D eigenvalue weighted by Gasteiger charge is -2.51. The van der Waals surface area contributed by atoms with Gasteiger partial charge in [0.05, 0.1) is 36.4 Å². The molecule has 2 aromatic rings. The minimum Gasteiger partial charge on any atom is -0.469 e. The zero-order chi connectivity index (χ0) is 29.3. The number of methoxy groups -OCH3 is 2. The summed E-state index contributed by atoms with van der Waals surface area (Å²) < 4.78 is 14.3. The summed E-state index contributed by atoms with van der Waals surface area (Å²) in [5.74, 6) is 1.48. The van der Waals surface area contributed by atoms with Crippen LogP contribution in [0.5, 0.6) is 0 Å². The molecular weight excluding hydrogens is 528 g/mol. The molecule has 8 aliphatic carbocycles. The van der Waals surface area contributed by atoms with Gasteiger partial charge in [0.15, 0.2) is 0 Å². The molecule has 8 nitrogen and oxygen atoms in total. The first-order valence-corrected chi connectivity index (χ1v) is 16.4. The Kier molecular flexibility index (Phi) is 6.67. The normalized spacial score (nSPS) is 35.0. The topological polar surface area (TPSA) is 88.2 Å². The monoisotopic (exact) mass is 576 g/mol. The number of fused-ring (bicyclic) bond motifs is 6. The van der Waals surface area contributed by atoms with Gasteiger partial charge in [0.1, 0.15) is 0 Å². The summed E-state index contributed by atoms with van der Waals surface area (Å²) in [6.07, 6.45) is 17.6. The molecule has 8 fully saturated rings. The number of nitrogens with zero attached hydrogens (tertiary/aromatic N) is 4. The maximum atomic E-state index is 12.1. The molecule has 228 valence electrons. The second-order valence-corrected chi connectivity index (χ2v) is 14.8. The Morgan fingerprint density at radius 1 is 0.667 bits per heavy atom. The summed E-state index contributed by atoms with van der Waals surface area (Å²) >= 11 is 0. The Morgan fingerprint density at radius 3 is 1.60 bits per heavy atom. The van der Waals surface area contributed by atoms with Crippen LogP contribution in [0.1, 0.15) is 137 Å². The molecule has 4 bridgehead atoms. The number of carbonyl (C=O) groups is 2. The van der Waals surface area contributed by atoms with Crippen molar-refractivity contribution in [3.63, 3.8) is 0 Å². The Hall–Kier alpha value is -2.64. The van der Waals surface area contributed by atoms with Crippen molar-refractivity contribution in [2.45, 2.75) is 125 Å². The largest absolute Gasteiger partial charge is 0.469 e. The van der Waals surface area contributed by atoms with Gasteiger partial charge in [-0.25, -0.2) is 0 Å². The zero-order valence-electron chi connectivity index (χ0n) is 26.0. The van der Waals surface area contributed by atoms with Crippen molar-refractivity contribution >= 4 is 11.9 Å². The van der Waals surface area contributed by atoms with Gasteiger partial charge < -0.3 is 9.47 Å². The smallest absolute Gasteiger partial charge is 0.311 e. The fourth-order valence-corrected chi connectivity index (χ4v) is 9.25. The molecule has 0 amide bonds. The van der Waals surface area contributed by atoms with E-state index in [1.807, 2.05) is 0 Å². The number of carbonyl (C=O) groups excluding carboxylic acids is 2. The van der Waals surface area contributed by atoms with Crippen LogP contribution in [0.3, 0.4) is 0 Å². The zero-order valence-corrected chi connectivity index (χ0v) is 26.0. The van der Waals surface area contributed by atoms with Gasteiger partial charge in [-0.05, 0) is 115 Å². The highest BCUT2D eigenvalue weighted by atomic mass is 16.5. The molecule has 0 spiro atoms. The van der Waals surface area contributed by atoms with Crippen molar-refractivity contribution in [1.82, 2.24) is 19.6 Å². The average molecular weight is 577 g/mol. The van der Waals surface area contributed by atoms with Crippen LogP contribution < -0.4 is 0 Å². The molecule has 10 rings (SSSR count). The second kappa shape index (κ2) is 9.95. The van der Waals surface area contributed by atoms with Gasteiger partial charge in [-0.1, -0.05) is 0 Å². The van der Waals surface area contributed by atoms with Crippen LogP contribution in [-0.2, 0) is 44.0 Å². The molecule has 8 aliphatic rings. The maximum absolute atomic E-state index is 12.1. The minimum absolute atomic E-state index is 0.00971. The number of hydrogen-bond acceptors (Lipinski definition) is 6. The van der Waals surface area contributed by atoms with Crippen molar-refractivity contribution in [3.05, 3.63) is 34.9 Å². The molecule has 8 saturated carbocycles. The van der Waals surface area contributed by atoms with Crippen LogP contribution in [0, 0.1) is 10.8 Å². The van der Waals surface area contributed by atoms with Gasteiger partial charge >= 0.3 is 11.9 Å². The highest BCUT2D eigenvalue weighted by Gasteiger charge is 2.56. The van der Waals surface area contributed by atoms with Gasteiger partial charge in [0.2, 0.25) is 0 Å². The second-order valence-electron chi connectivity index (χ2n) is 14.8. The van der Waals surface area contributed by atoms with Crippen molar-refractivity contribution in [2.24, 2.45) is 24.9 Å². The molecule has 0 aliphatic heterocycles. The van der Waals surface area contributed by atoms with Gasteiger partial charge in [0, 0.05) is 48.1 Å². The number of ether oxygens (including phenoxy) is 2. The van der Waals surface area contributed by atoms with Crippen LogP contribution >= 0.6 is 0 Å². The van der Waals surface area contributed by atoms with Gasteiger partial charge in [0.25, 0.3) is 0 Å². The van der Waals surface area contributed by atoms with Crippen molar-refractivity contribution in [3.8, 4) is 0 Å². The third kappa shape index (κ3) is 4.45. The summed E-state index contributed by atoms with van der Waals surface area (Å²) in [6, 6.07) is 4.71. The molecule has 42 heavy (non-hydrogen) atoms. The van der Waals surface area contributed by atoms with Crippen LogP contribution in [0.4, 0.5) is 0 Å². The Labute approximate surface area is 249 Å². The SMILES string of the molecule is COC(=O)C12CCC(c3cc(C4CC4)n(C)n3)(CC1)CC2.COC(=O)C12CCC(c3cc(C4CC4)nn3C)(CC1)CC2. The van der Waals surface area contributed by atoms with Gasteiger partial charge in [-0.15, -0.1) is 0 Å². The first-order chi connectivity index (χ1) is 20.2. The van der Waals surface area contributed by atoms with E-state index in [0.29, 0.717) is 5.92 Å². The van der Waals surface area contributed by atoms with Crippen molar-refractivity contribution in [2.75, 3.05) is 14.2 Å². The molecular formula is C34H48N4O4. The predicted octanol–water partition coefficient (Wildman–Crippen LogP) is 6.13. The van der Waals surface area contributed by atoms with E-state index in [-0.39, 0.29) is 33.6 Å². The molecule has 0 atom stereocenters. The Balaban J connectivity index is 0.000000137. The molecule has 0 saturated heterocycles. The van der Waals surface area contributed by atoms with E-state index in [1.54, 1.807) is 0 Å². The van der Waals surface area contributed by atoms with E-state index >= 15 is 0 Å². The molecule has 0 N–H and O–H groups in total. The van der Waals surface area contributed by atoms with E-state index in [4.69, 9.17) is 19.7 Å². The number of hydrogen-bond donors (Lipinski definition) is 0. The summed E-state index contributed by atoms with van der Waals surface area (Å²) in [7, 11) is 7.22. The average Bonchev–Trinajstić information content (AvgIpc) is 3.98. The molecule has 0 aromatic carbocycles. The lowest BCUT2D eigenvalue weighted by molar-refractivity contribution is -0.161. The lowest BCUT2D eigenvalue weighted by atomic mass is 9.52. The van der Waals surface area contributed by atoms with E-state index in [0.717, 1.165) is 83.0 Å². The molecule has 0 radical (unpaired) electrons. The van der Waals surface area contributed by atoms with Crippen LogP contribution in [0.2, 0.25) is 0 Å². The highest BCUT2D eigenvalue weighted by molar-refractivity contribution is 5.78. The van der Waals surface area contributed by atoms with Crippen molar-refractivity contribution in [1.29, 1.82) is 0 Å². The molecule has 2 heterocycles. The fraction of sp³-hybridized carbons (Fsp3) is 0.765. The number of aryl methyl sites for hydroxylation is 2. The van der Waals surface area contributed by atoms with E-state index < -0.39 is 0 Å². The van der Waals surface area contributed by atoms with Gasteiger partial charge in [-0.2, -0.15) is 10.2 Å². The Morgan fingerprint density at radius 2 is 1.14 bits per heavy atom. The summed E-state index contributed by atoms with van der Waals surface area (Å²) in [5.41, 5.74) is 5.49. The standard InChI is InChI=1S/2C17H24N2O2/c1-19-13(12-3-4-12)11-14(18-19)16-5-8-17(9-6-16,10-7-16)15(20)21-2;1-19-14(11-13(18-19)12-3-4-12)16-5-8-17(9-6-16,10-7-16)15(20)21-2/h2*11-12H,3-10H2,1-2H3. The number of esters is 2. The summed E-state index contributed by atoms with van der Waals surface area (Å²) in [6.45, 7) is 0. The lowest BCUT2D eigenvalue weighted by Crippen LogP contribution is -2.49. The molecule has 0 unspecified atom stereocenters. The first kappa shape index (κ1) is 28.1. The molecule has 2 aromatic heterocycles. The third-order valence-electron chi connectivity index (χ3n) is 12.6. The predicted molar refractivity (Wildman–Crippen MR) is 158 cm³/mol. The maximum Gasteiger partial charge on any atom is 0.311 e. The highest BCUT2D eigenvalue weighted by Crippen LogP contribution is 2.59. The summed E-state index contributed by atoms with van der Waals surface area (Å²) in [4.78, 5) is 24.2. The Bertz CT molecular complexity index is 1330. The minimum atomic E-state index is -0.190. The quantitative estimate of drug-likeness (QED) is 0.385. The van der Waals surface area contributed by atoms with Gasteiger partial charge in [-0.3, -0.25) is 19.0 Å². The van der Waals surface area contributed by atoms with Crippen molar-refractivity contribution < 1.29 is 19.1 Å².